The van der Waals surface area contributed by atoms with Crippen LogP contribution in [0.5, 0.6) is 0 Å². The van der Waals surface area contributed by atoms with Crippen LogP contribution in [0.4, 0.5) is 13.2 Å². The molecule has 0 aliphatic carbocycles. The summed E-state index contributed by atoms with van der Waals surface area (Å²) in [6, 6.07) is 12.2. The molecule has 4 aromatic rings. The number of carbonyl (C=O) groups is 1. The first-order chi connectivity index (χ1) is 15.7. The Labute approximate surface area is 186 Å². The summed E-state index contributed by atoms with van der Waals surface area (Å²) in [7, 11) is 0. The van der Waals surface area contributed by atoms with Crippen LogP contribution in [0.25, 0.3) is 22.4 Å². The molecule has 0 atom stereocenters. The van der Waals surface area contributed by atoms with Gasteiger partial charge in [0.2, 0.25) is 5.91 Å². The van der Waals surface area contributed by atoms with Gasteiger partial charge in [-0.15, -0.1) is 0 Å². The number of nitrogens with one attached hydrogen (secondary N) is 1. The van der Waals surface area contributed by atoms with Crippen molar-refractivity contribution >= 4 is 16.9 Å². The molecule has 0 saturated heterocycles. The van der Waals surface area contributed by atoms with Crippen molar-refractivity contribution in [2.45, 2.75) is 26.2 Å². The lowest BCUT2D eigenvalue weighted by Crippen LogP contribution is -2.32. The van der Waals surface area contributed by atoms with E-state index in [0.29, 0.717) is 11.4 Å². The molecule has 2 heterocycles. The van der Waals surface area contributed by atoms with Crippen LogP contribution in [-0.2, 0) is 24.1 Å². The number of aromatic nitrogens is 4. The Morgan fingerprint density at radius 2 is 1.85 bits per heavy atom. The fourth-order valence-corrected chi connectivity index (χ4v) is 3.18. The van der Waals surface area contributed by atoms with E-state index >= 15 is 0 Å². The van der Waals surface area contributed by atoms with Gasteiger partial charge in [0.05, 0.1) is 5.56 Å². The summed E-state index contributed by atoms with van der Waals surface area (Å²) in [6.45, 7) is 1.51. The average molecular weight is 453 g/mol. The van der Waals surface area contributed by atoms with E-state index in [-0.39, 0.29) is 24.1 Å². The minimum atomic E-state index is -4.47. The number of halogens is 3. The molecule has 0 bridgehead atoms. The van der Waals surface area contributed by atoms with E-state index in [2.05, 4.69) is 20.3 Å². The molecule has 10 heteroatoms. The van der Waals surface area contributed by atoms with Crippen molar-refractivity contribution < 1.29 is 18.0 Å². The van der Waals surface area contributed by atoms with Crippen LogP contribution in [0.2, 0.25) is 0 Å². The summed E-state index contributed by atoms with van der Waals surface area (Å²) in [5.74, 6) is -0.126. The SMILES string of the molecule is Cc1ccc(-c2ncc3c(=O)n(CC(=O)NCc4cccc(C(F)(F)F)c4)cnc3n2)cc1. The van der Waals surface area contributed by atoms with Crippen molar-refractivity contribution in [3.63, 3.8) is 0 Å². The van der Waals surface area contributed by atoms with Crippen LogP contribution in [0.1, 0.15) is 16.7 Å². The van der Waals surface area contributed by atoms with Crippen molar-refractivity contribution in [1.82, 2.24) is 24.8 Å². The Morgan fingerprint density at radius 1 is 1.09 bits per heavy atom. The van der Waals surface area contributed by atoms with Crippen LogP contribution >= 0.6 is 0 Å². The maximum Gasteiger partial charge on any atom is 0.416 e. The molecule has 168 valence electrons. The molecule has 2 aromatic heterocycles. The predicted molar refractivity (Wildman–Crippen MR) is 115 cm³/mol. The van der Waals surface area contributed by atoms with Crippen molar-refractivity contribution in [3.05, 3.63) is 88.1 Å². The zero-order valence-corrected chi connectivity index (χ0v) is 17.4. The van der Waals surface area contributed by atoms with Crippen molar-refractivity contribution in [2.24, 2.45) is 0 Å². The molecule has 33 heavy (non-hydrogen) atoms. The summed E-state index contributed by atoms with van der Waals surface area (Å²) >= 11 is 0. The molecule has 1 N–H and O–H groups in total. The molecule has 0 saturated carbocycles. The van der Waals surface area contributed by atoms with Gasteiger partial charge in [0, 0.05) is 18.3 Å². The van der Waals surface area contributed by atoms with Crippen LogP contribution in [0.15, 0.2) is 65.8 Å². The highest BCUT2D eigenvalue weighted by molar-refractivity contribution is 5.77. The van der Waals surface area contributed by atoms with Gasteiger partial charge in [-0.25, -0.2) is 15.0 Å². The van der Waals surface area contributed by atoms with Gasteiger partial charge in [-0.1, -0.05) is 42.0 Å². The normalized spacial score (nSPS) is 11.5. The number of carbonyl (C=O) groups excluding carboxylic acids is 1. The Balaban J connectivity index is 1.48. The third-order valence-corrected chi connectivity index (χ3v) is 4.95. The summed E-state index contributed by atoms with van der Waals surface area (Å²) in [4.78, 5) is 37.7. The van der Waals surface area contributed by atoms with Crippen LogP contribution in [0.3, 0.4) is 0 Å². The van der Waals surface area contributed by atoms with Gasteiger partial charge in [0.1, 0.15) is 18.3 Å². The van der Waals surface area contributed by atoms with Crippen molar-refractivity contribution in [3.8, 4) is 11.4 Å². The van der Waals surface area contributed by atoms with Gasteiger partial charge in [0.15, 0.2) is 11.5 Å². The summed E-state index contributed by atoms with van der Waals surface area (Å²) < 4.78 is 39.6. The first kappa shape index (κ1) is 22.1. The largest absolute Gasteiger partial charge is 0.416 e. The number of hydrogen-bond acceptors (Lipinski definition) is 5. The molecule has 0 spiro atoms. The molecular weight excluding hydrogens is 435 g/mol. The highest BCUT2D eigenvalue weighted by Crippen LogP contribution is 2.29. The fourth-order valence-electron chi connectivity index (χ4n) is 3.18. The van der Waals surface area contributed by atoms with Gasteiger partial charge < -0.3 is 5.32 Å². The predicted octanol–water partition coefficient (Wildman–Crippen LogP) is 3.50. The van der Waals surface area contributed by atoms with Gasteiger partial charge in [-0.2, -0.15) is 13.2 Å². The van der Waals surface area contributed by atoms with Crippen molar-refractivity contribution in [2.75, 3.05) is 0 Å². The number of nitrogens with zero attached hydrogens (tertiary/aromatic N) is 4. The van der Waals surface area contributed by atoms with E-state index in [1.165, 1.54) is 24.7 Å². The lowest BCUT2D eigenvalue weighted by Gasteiger charge is -2.10. The molecule has 0 radical (unpaired) electrons. The molecular formula is C23H18F3N5O2. The number of aryl methyl sites for hydroxylation is 1. The number of fused-ring (bicyclic) bond motifs is 1. The molecule has 0 aliphatic heterocycles. The van der Waals surface area contributed by atoms with E-state index in [9.17, 15) is 22.8 Å². The number of amides is 1. The lowest BCUT2D eigenvalue weighted by atomic mass is 10.1. The number of alkyl halides is 3. The van der Waals surface area contributed by atoms with Crippen LogP contribution in [-0.4, -0.2) is 25.4 Å². The lowest BCUT2D eigenvalue weighted by molar-refractivity contribution is -0.137. The number of rotatable bonds is 5. The van der Waals surface area contributed by atoms with E-state index < -0.39 is 23.2 Å². The zero-order chi connectivity index (χ0) is 23.6. The second kappa shape index (κ2) is 8.81. The first-order valence-electron chi connectivity index (χ1n) is 9.93. The average Bonchev–Trinajstić information content (AvgIpc) is 2.79. The molecule has 7 nitrogen and oxygen atoms in total. The van der Waals surface area contributed by atoms with E-state index in [0.717, 1.165) is 27.8 Å². The van der Waals surface area contributed by atoms with Crippen LogP contribution in [0, 0.1) is 6.92 Å². The molecule has 0 unspecified atom stereocenters. The number of hydrogen-bond donors (Lipinski definition) is 1. The monoisotopic (exact) mass is 453 g/mol. The summed E-state index contributed by atoms with van der Waals surface area (Å²) in [6.07, 6.45) is -1.89. The van der Waals surface area contributed by atoms with Crippen LogP contribution < -0.4 is 10.9 Å². The summed E-state index contributed by atoms with van der Waals surface area (Å²) in [5, 5.41) is 2.66. The quantitative estimate of drug-likeness (QED) is 0.500. The van der Waals surface area contributed by atoms with Gasteiger partial charge in [-0.3, -0.25) is 14.2 Å². The highest BCUT2D eigenvalue weighted by atomic mass is 19.4. The second-order valence-electron chi connectivity index (χ2n) is 7.45. The molecule has 0 aliphatic rings. The minimum absolute atomic E-state index is 0.110. The Morgan fingerprint density at radius 3 is 2.58 bits per heavy atom. The third-order valence-electron chi connectivity index (χ3n) is 4.95. The fraction of sp³-hybridized carbons (Fsp3) is 0.174. The second-order valence-corrected chi connectivity index (χ2v) is 7.45. The maximum absolute atomic E-state index is 12.8. The smallest absolute Gasteiger partial charge is 0.350 e. The minimum Gasteiger partial charge on any atom is -0.350 e. The van der Waals surface area contributed by atoms with Gasteiger partial charge >= 0.3 is 6.18 Å². The van der Waals surface area contributed by atoms with E-state index in [4.69, 9.17) is 0 Å². The van der Waals surface area contributed by atoms with E-state index in [1.54, 1.807) is 0 Å². The molecule has 4 rings (SSSR count). The Kier molecular flexibility index (Phi) is 5.91. The standard InChI is InChI=1S/C23H18F3N5O2/c1-14-5-7-16(8-6-14)20-28-11-18-21(30-20)29-13-31(22(18)33)12-19(32)27-10-15-3-2-4-17(9-15)23(24,25)26/h2-9,11,13H,10,12H2,1H3,(H,27,32). The molecule has 1 amide bonds. The Hall–Kier alpha value is -4.08. The molecule has 2 aromatic carbocycles. The zero-order valence-electron chi connectivity index (χ0n) is 17.4. The van der Waals surface area contributed by atoms with Gasteiger partial charge in [0.25, 0.3) is 5.56 Å². The van der Waals surface area contributed by atoms with Crippen molar-refractivity contribution in [1.29, 1.82) is 0 Å². The third kappa shape index (κ3) is 5.05. The highest BCUT2D eigenvalue weighted by Gasteiger charge is 2.30. The number of benzene rings is 2. The maximum atomic E-state index is 12.8. The summed E-state index contributed by atoms with van der Waals surface area (Å²) in [5.41, 5.74) is 1.07. The molecule has 0 fully saturated rings. The van der Waals surface area contributed by atoms with Gasteiger partial charge in [-0.05, 0) is 24.6 Å². The first-order valence-corrected chi connectivity index (χ1v) is 9.93. The van der Waals surface area contributed by atoms with E-state index in [1.807, 2.05) is 31.2 Å². The Bertz CT molecular complexity index is 1380. The topological polar surface area (TPSA) is 89.8 Å².